The highest BCUT2D eigenvalue weighted by atomic mass is 32.1. The lowest BCUT2D eigenvalue weighted by Crippen LogP contribution is -2.32. The molecule has 0 spiro atoms. The van der Waals surface area contributed by atoms with E-state index in [1.165, 1.54) is 0 Å². The Balaban J connectivity index is 1.52. The number of carbonyl (C=O) groups is 1. The first-order valence-electron chi connectivity index (χ1n) is 9.56. The van der Waals surface area contributed by atoms with E-state index in [1.807, 2.05) is 66.3 Å². The molecular formula is C22H23N5OS. The summed E-state index contributed by atoms with van der Waals surface area (Å²) in [5.74, 6) is -0.0351. The number of benzene rings is 1. The molecule has 2 atom stereocenters. The Kier molecular flexibility index (Phi) is 5.57. The number of aromatic nitrogens is 2. The van der Waals surface area contributed by atoms with Crippen molar-refractivity contribution < 1.29 is 4.79 Å². The number of pyridine rings is 1. The largest absolute Gasteiger partial charge is 0.357 e. The van der Waals surface area contributed by atoms with Crippen molar-refractivity contribution >= 4 is 28.9 Å². The third-order valence-electron chi connectivity index (χ3n) is 5.03. The first kappa shape index (κ1) is 19.1. The van der Waals surface area contributed by atoms with E-state index in [1.54, 1.807) is 6.20 Å². The standard InChI is InChI=1S/C22H23N5OS/c1-26-13-10-16(15-26)21-20(18-9-5-6-12-23-18)25-22(29)27(21)14-11-19(28)24-17-7-3-2-4-8-17/h2-10,12-13,15,20-21H,11,14H2,1H3,(H,24,28)(H,25,29)/t20-,21-/m0/s1. The van der Waals surface area contributed by atoms with Crippen LogP contribution in [-0.4, -0.2) is 32.0 Å². The Labute approximate surface area is 175 Å². The summed E-state index contributed by atoms with van der Waals surface area (Å²) >= 11 is 5.63. The molecule has 3 aromatic rings. The molecule has 7 heteroatoms. The van der Waals surface area contributed by atoms with Gasteiger partial charge in [-0.05, 0) is 48.1 Å². The molecule has 0 radical (unpaired) electrons. The minimum atomic E-state index is -0.0664. The Bertz CT molecular complexity index is 989. The number of rotatable bonds is 6. The summed E-state index contributed by atoms with van der Waals surface area (Å²) in [4.78, 5) is 19.1. The van der Waals surface area contributed by atoms with Gasteiger partial charge in [0.2, 0.25) is 5.91 Å². The Morgan fingerprint density at radius 2 is 1.97 bits per heavy atom. The fraction of sp³-hybridized carbons (Fsp3) is 0.227. The summed E-state index contributed by atoms with van der Waals surface area (Å²) in [5.41, 5.74) is 2.87. The van der Waals surface area contributed by atoms with Crippen LogP contribution in [0.5, 0.6) is 0 Å². The molecule has 6 nitrogen and oxygen atoms in total. The van der Waals surface area contributed by atoms with Crippen LogP contribution < -0.4 is 10.6 Å². The molecule has 2 aromatic heterocycles. The summed E-state index contributed by atoms with van der Waals surface area (Å²) in [5, 5.41) is 6.98. The van der Waals surface area contributed by atoms with Gasteiger partial charge in [-0.1, -0.05) is 24.3 Å². The van der Waals surface area contributed by atoms with Crippen LogP contribution >= 0.6 is 12.2 Å². The average Bonchev–Trinajstić information content (AvgIpc) is 3.30. The van der Waals surface area contributed by atoms with Gasteiger partial charge in [0, 0.05) is 44.3 Å². The Hall–Kier alpha value is -3.19. The first-order valence-corrected chi connectivity index (χ1v) is 9.97. The molecule has 0 saturated carbocycles. The maximum Gasteiger partial charge on any atom is 0.226 e. The summed E-state index contributed by atoms with van der Waals surface area (Å²) in [7, 11) is 2.00. The zero-order valence-electron chi connectivity index (χ0n) is 16.2. The number of carbonyl (C=O) groups excluding carboxylic acids is 1. The van der Waals surface area contributed by atoms with E-state index < -0.39 is 0 Å². The smallest absolute Gasteiger partial charge is 0.226 e. The van der Waals surface area contributed by atoms with E-state index in [4.69, 9.17) is 12.2 Å². The van der Waals surface area contributed by atoms with Crippen molar-refractivity contribution in [3.63, 3.8) is 0 Å². The zero-order chi connectivity index (χ0) is 20.2. The van der Waals surface area contributed by atoms with E-state index in [0.717, 1.165) is 16.9 Å². The Morgan fingerprint density at radius 1 is 1.17 bits per heavy atom. The third-order valence-corrected chi connectivity index (χ3v) is 5.38. The molecule has 1 aromatic carbocycles. The first-order chi connectivity index (χ1) is 14.1. The lowest BCUT2D eigenvalue weighted by molar-refractivity contribution is -0.116. The van der Waals surface area contributed by atoms with E-state index in [9.17, 15) is 4.79 Å². The van der Waals surface area contributed by atoms with E-state index in [-0.39, 0.29) is 18.0 Å². The number of thiocarbonyl (C=S) groups is 1. The second-order valence-corrected chi connectivity index (χ2v) is 7.48. The molecule has 148 valence electrons. The normalized spacial score (nSPS) is 18.5. The van der Waals surface area contributed by atoms with Crippen molar-refractivity contribution in [1.29, 1.82) is 0 Å². The number of amides is 1. The molecule has 0 unspecified atom stereocenters. The van der Waals surface area contributed by atoms with Crippen molar-refractivity contribution in [2.24, 2.45) is 7.05 Å². The molecule has 0 aliphatic carbocycles. The highest BCUT2D eigenvalue weighted by Crippen LogP contribution is 2.38. The summed E-state index contributed by atoms with van der Waals surface area (Å²) < 4.78 is 2.02. The van der Waals surface area contributed by atoms with Gasteiger partial charge in [-0.25, -0.2) is 0 Å². The average molecular weight is 406 g/mol. The van der Waals surface area contributed by atoms with E-state index in [2.05, 4.69) is 32.8 Å². The predicted octanol–water partition coefficient (Wildman–Crippen LogP) is 3.42. The number of hydrogen-bond acceptors (Lipinski definition) is 3. The highest BCUT2D eigenvalue weighted by Gasteiger charge is 2.39. The zero-order valence-corrected chi connectivity index (χ0v) is 17.0. The van der Waals surface area contributed by atoms with Crippen molar-refractivity contribution in [3.05, 3.63) is 84.4 Å². The van der Waals surface area contributed by atoms with Crippen molar-refractivity contribution in [1.82, 2.24) is 19.8 Å². The lowest BCUT2D eigenvalue weighted by atomic mass is 9.99. The van der Waals surface area contributed by atoms with Crippen LogP contribution in [0.15, 0.2) is 73.2 Å². The second-order valence-electron chi connectivity index (χ2n) is 7.09. The molecule has 1 saturated heterocycles. The van der Waals surface area contributed by atoms with Gasteiger partial charge in [0.05, 0.1) is 17.8 Å². The molecule has 1 aliphatic heterocycles. The van der Waals surface area contributed by atoms with Gasteiger partial charge in [0.15, 0.2) is 5.11 Å². The quantitative estimate of drug-likeness (QED) is 0.616. The molecule has 0 bridgehead atoms. The molecule has 2 N–H and O–H groups in total. The summed E-state index contributed by atoms with van der Waals surface area (Å²) in [6.07, 6.45) is 6.24. The number of nitrogens with zero attached hydrogens (tertiary/aromatic N) is 3. The van der Waals surface area contributed by atoms with Gasteiger partial charge in [0.1, 0.15) is 0 Å². The number of anilines is 1. The van der Waals surface area contributed by atoms with E-state index in [0.29, 0.717) is 18.1 Å². The van der Waals surface area contributed by atoms with Gasteiger partial charge in [0.25, 0.3) is 0 Å². The highest BCUT2D eigenvalue weighted by molar-refractivity contribution is 7.80. The fourth-order valence-electron chi connectivity index (χ4n) is 3.68. The lowest BCUT2D eigenvalue weighted by Gasteiger charge is -2.27. The van der Waals surface area contributed by atoms with Gasteiger partial charge >= 0.3 is 0 Å². The van der Waals surface area contributed by atoms with Gasteiger partial charge in [-0.3, -0.25) is 9.78 Å². The van der Waals surface area contributed by atoms with Crippen LogP contribution in [0.4, 0.5) is 5.69 Å². The van der Waals surface area contributed by atoms with Crippen LogP contribution in [0.3, 0.4) is 0 Å². The maximum absolute atomic E-state index is 12.5. The number of para-hydroxylation sites is 1. The Morgan fingerprint density at radius 3 is 2.66 bits per heavy atom. The topological polar surface area (TPSA) is 62.2 Å². The van der Waals surface area contributed by atoms with E-state index >= 15 is 0 Å². The second kappa shape index (κ2) is 8.45. The molecule has 4 rings (SSSR count). The van der Waals surface area contributed by atoms with Gasteiger partial charge in [-0.2, -0.15) is 0 Å². The third kappa shape index (κ3) is 4.30. The minimum Gasteiger partial charge on any atom is -0.357 e. The molecule has 1 amide bonds. The van der Waals surface area contributed by atoms with Gasteiger partial charge in [-0.15, -0.1) is 0 Å². The molecule has 1 fully saturated rings. The van der Waals surface area contributed by atoms with Crippen LogP contribution in [0.25, 0.3) is 0 Å². The van der Waals surface area contributed by atoms with Crippen molar-refractivity contribution in [3.8, 4) is 0 Å². The van der Waals surface area contributed by atoms with Crippen LogP contribution in [0, 0.1) is 0 Å². The maximum atomic E-state index is 12.5. The number of hydrogen-bond donors (Lipinski definition) is 2. The number of aryl methyl sites for hydroxylation is 1. The fourth-order valence-corrected chi connectivity index (χ4v) is 4.01. The molecule has 1 aliphatic rings. The summed E-state index contributed by atoms with van der Waals surface area (Å²) in [6.45, 7) is 0.521. The predicted molar refractivity (Wildman–Crippen MR) is 117 cm³/mol. The minimum absolute atomic E-state index is 0.0249. The molecule has 29 heavy (non-hydrogen) atoms. The van der Waals surface area contributed by atoms with Crippen LogP contribution in [0.1, 0.15) is 29.8 Å². The monoisotopic (exact) mass is 405 g/mol. The molecular weight excluding hydrogens is 382 g/mol. The van der Waals surface area contributed by atoms with Crippen molar-refractivity contribution in [2.45, 2.75) is 18.5 Å². The molecule has 3 heterocycles. The van der Waals surface area contributed by atoms with Crippen LogP contribution in [-0.2, 0) is 11.8 Å². The van der Waals surface area contributed by atoms with Crippen molar-refractivity contribution in [2.75, 3.05) is 11.9 Å². The van der Waals surface area contributed by atoms with Crippen LogP contribution in [0.2, 0.25) is 0 Å². The SMILES string of the molecule is Cn1ccc([C@H]2[C@H](c3ccccn3)NC(=S)N2CCC(=O)Nc2ccccc2)c1. The number of nitrogens with one attached hydrogen (secondary N) is 2. The van der Waals surface area contributed by atoms with Gasteiger partial charge < -0.3 is 20.1 Å². The summed E-state index contributed by atoms with van der Waals surface area (Å²) in [6, 6.07) is 17.4.